The van der Waals surface area contributed by atoms with E-state index in [-0.39, 0.29) is 0 Å². The Morgan fingerprint density at radius 2 is 2.16 bits per heavy atom. The molecule has 0 atom stereocenters. The van der Waals surface area contributed by atoms with E-state index in [0.29, 0.717) is 6.54 Å². The smallest absolute Gasteiger partial charge is 0.110 e. The molecular formula is C16H21N3. The number of imidazole rings is 1. The fourth-order valence-electron chi connectivity index (χ4n) is 3.07. The zero-order valence-electron chi connectivity index (χ0n) is 11.7. The van der Waals surface area contributed by atoms with Crippen LogP contribution in [0.25, 0.3) is 11.3 Å². The summed E-state index contributed by atoms with van der Waals surface area (Å²) in [5.74, 6) is 1.16. The van der Waals surface area contributed by atoms with E-state index in [1.54, 1.807) is 0 Å². The van der Waals surface area contributed by atoms with Crippen molar-refractivity contribution in [3.05, 3.63) is 40.8 Å². The normalized spacial score (nSPS) is 13.8. The van der Waals surface area contributed by atoms with Gasteiger partial charge < -0.3 is 10.3 Å². The largest absolute Gasteiger partial charge is 0.331 e. The van der Waals surface area contributed by atoms with Gasteiger partial charge in [0.25, 0.3) is 0 Å². The van der Waals surface area contributed by atoms with Gasteiger partial charge in [0.1, 0.15) is 5.82 Å². The molecule has 1 aliphatic heterocycles. The number of hydrogen-bond donors (Lipinski definition) is 1. The molecule has 1 aliphatic rings. The molecule has 0 spiro atoms. The molecule has 0 aliphatic carbocycles. The van der Waals surface area contributed by atoms with E-state index in [4.69, 9.17) is 10.7 Å². The monoisotopic (exact) mass is 255 g/mol. The maximum atomic E-state index is 5.70. The second kappa shape index (κ2) is 4.82. The zero-order valence-corrected chi connectivity index (χ0v) is 11.7. The van der Waals surface area contributed by atoms with Gasteiger partial charge in [-0.3, -0.25) is 0 Å². The molecule has 2 heterocycles. The van der Waals surface area contributed by atoms with Gasteiger partial charge >= 0.3 is 0 Å². The number of fused-ring (bicyclic) bond motifs is 1. The van der Waals surface area contributed by atoms with Crippen LogP contribution in [0.15, 0.2) is 18.2 Å². The first-order valence-electron chi connectivity index (χ1n) is 7.06. The summed E-state index contributed by atoms with van der Waals surface area (Å²) < 4.78 is 2.38. The van der Waals surface area contributed by atoms with Gasteiger partial charge in [0.15, 0.2) is 0 Å². The molecule has 0 bridgehead atoms. The van der Waals surface area contributed by atoms with E-state index in [1.807, 2.05) is 0 Å². The van der Waals surface area contributed by atoms with E-state index in [2.05, 4.69) is 36.6 Å². The summed E-state index contributed by atoms with van der Waals surface area (Å²) in [6, 6.07) is 6.61. The van der Waals surface area contributed by atoms with Crippen molar-refractivity contribution < 1.29 is 0 Å². The summed E-state index contributed by atoms with van der Waals surface area (Å²) >= 11 is 0. The van der Waals surface area contributed by atoms with E-state index in [1.165, 1.54) is 34.5 Å². The lowest BCUT2D eigenvalue weighted by molar-refractivity contribution is 0.685. The Labute approximate surface area is 114 Å². The number of aryl methyl sites for hydroxylation is 2. The molecule has 3 heteroatoms. The molecule has 3 nitrogen and oxygen atoms in total. The molecule has 0 saturated carbocycles. The minimum Gasteiger partial charge on any atom is -0.331 e. The van der Waals surface area contributed by atoms with Crippen LogP contribution in [0.5, 0.6) is 0 Å². The van der Waals surface area contributed by atoms with Gasteiger partial charge in [-0.1, -0.05) is 23.8 Å². The van der Waals surface area contributed by atoms with E-state index >= 15 is 0 Å². The Morgan fingerprint density at radius 3 is 2.89 bits per heavy atom. The van der Waals surface area contributed by atoms with Crippen molar-refractivity contribution in [3.63, 3.8) is 0 Å². The topological polar surface area (TPSA) is 43.8 Å². The number of hydrogen-bond acceptors (Lipinski definition) is 2. The molecule has 0 amide bonds. The SMILES string of the molecule is Cc1ccc(-c2nc(CCN)n3c2CCC3)c(C)c1. The van der Waals surface area contributed by atoms with Crippen LogP contribution in [0.2, 0.25) is 0 Å². The first-order valence-corrected chi connectivity index (χ1v) is 7.06. The second-order valence-electron chi connectivity index (χ2n) is 5.44. The highest BCUT2D eigenvalue weighted by Crippen LogP contribution is 2.31. The minimum atomic E-state index is 0.669. The van der Waals surface area contributed by atoms with E-state index < -0.39 is 0 Å². The van der Waals surface area contributed by atoms with Crippen LogP contribution in [0.1, 0.15) is 29.1 Å². The lowest BCUT2D eigenvalue weighted by Gasteiger charge is -2.05. The van der Waals surface area contributed by atoms with Crippen LogP contribution in [0.3, 0.4) is 0 Å². The van der Waals surface area contributed by atoms with Gasteiger partial charge in [0.05, 0.1) is 5.69 Å². The summed E-state index contributed by atoms with van der Waals surface area (Å²) in [6.45, 7) is 6.07. The third-order valence-electron chi connectivity index (χ3n) is 3.95. The second-order valence-corrected chi connectivity index (χ2v) is 5.44. The van der Waals surface area contributed by atoms with Crippen molar-refractivity contribution in [2.45, 2.75) is 39.7 Å². The minimum absolute atomic E-state index is 0.669. The molecule has 0 fully saturated rings. The van der Waals surface area contributed by atoms with Crippen LogP contribution in [0.4, 0.5) is 0 Å². The lowest BCUT2D eigenvalue weighted by atomic mass is 10.0. The highest BCUT2D eigenvalue weighted by atomic mass is 15.1. The molecule has 19 heavy (non-hydrogen) atoms. The summed E-state index contributed by atoms with van der Waals surface area (Å²) in [4.78, 5) is 4.87. The molecule has 0 radical (unpaired) electrons. The summed E-state index contributed by atoms with van der Waals surface area (Å²) in [5.41, 5.74) is 12.2. The molecule has 2 aromatic rings. The molecular weight excluding hydrogens is 234 g/mol. The Bertz CT molecular complexity index is 611. The van der Waals surface area contributed by atoms with Gasteiger partial charge in [-0.05, 0) is 38.8 Å². The Kier molecular flexibility index (Phi) is 3.15. The highest BCUT2D eigenvalue weighted by molar-refractivity contribution is 5.67. The Morgan fingerprint density at radius 1 is 1.32 bits per heavy atom. The predicted molar refractivity (Wildman–Crippen MR) is 78.2 cm³/mol. The van der Waals surface area contributed by atoms with Crippen LogP contribution in [-0.2, 0) is 19.4 Å². The molecule has 1 aromatic heterocycles. The quantitative estimate of drug-likeness (QED) is 0.916. The van der Waals surface area contributed by atoms with Crippen molar-refractivity contribution in [1.82, 2.24) is 9.55 Å². The van der Waals surface area contributed by atoms with Crippen LogP contribution < -0.4 is 5.73 Å². The summed E-state index contributed by atoms with van der Waals surface area (Å²) in [6.07, 6.45) is 3.24. The lowest BCUT2D eigenvalue weighted by Crippen LogP contribution is -2.08. The maximum Gasteiger partial charge on any atom is 0.110 e. The summed E-state index contributed by atoms with van der Waals surface area (Å²) in [5, 5.41) is 0. The van der Waals surface area contributed by atoms with Crippen LogP contribution in [-0.4, -0.2) is 16.1 Å². The third-order valence-corrected chi connectivity index (χ3v) is 3.95. The predicted octanol–water partition coefficient (Wildman–Crippen LogP) is 2.61. The summed E-state index contributed by atoms with van der Waals surface area (Å²) in [7, 11) is 0. The molecule has 100 valence electrons. The van der Waals surface area contributed by atoms with Crippen molar-refractivity contribution in [2.24, 2.45) is 5.73 Å². The highest BCUT2D eigenvalue weighted by Gasteiger charge is 2.22. The first kappa shape index (κ1) is 12.4. The number of rotatable bonds is 3. The van der Waals surface area contributed by atoms with Gasteiger partial charge in [0.2, 0.25) is 0 Å². The average molecular weight is 255 g/mol. The van der Waals surface area contributed by atoms with Crippen molar-refractivity contribution in [2.75, 3.05) is 6.54 Å². The van der Waals surface area contributed by atoms with Gasteiger partial charge in [0, 0.05) is 24.2 Å². The Hall–Kier alpha value is -1.61. The van der Waals surface area contributed by atoms with Crippen molar-refractivity contribution in [3.8, 4) is 11.3 Å². The molecule has 0 unspecified atom stereocenters. The van der Waals surface area contributed by atoms with Gasteiger partial charge in [-0.2, -0.15) is 0 Å². The molecule has 3 rings (SSSR count). The van der Waals surface area contributed by atoms with Gasteiger partial charge in [-0.25, -0.2) is 4.98 Å². The maximum absolute atomic E-state index is 5.70. The van der Waals surface area contributed by atoms with Crippen LogP contribution in [0, 0.1) is 13.8 Å². The van der Waals surface area contributed by atoms with Crippen molar-refractivity contribution in [1.29, 1.82) is 0 Å². The first-order chi connectivity index (χ1) is 9.20. The standard InChI is InChI=1S/C16H21N3/c1-11-5-6-13(12(2)10-11)16-14-4-3-9-19(14)15(18-16)7-8-17/h5-6,10H,3-4,7-9,17H2,1-2H3. The fraction of sp³-hybridized carbons (Fsp3) is 0.438. The number of nitrogens with two attached hydrogens (primary N) is 1. The molecule has 2 N–H and O–H groups in total. The van der Waals surface area contributed by atoms with Crippen molar-refractivity contribution >= 4 is 0 Å². The average Bonchev–Trinajstić information content (AvgIpc) is 2.94. The van der Waals surface area contributed by atoms with Gasteiger partial charge in [-0.15, -0.1) is 0 Å². The molecule has 0 saturated heterocycles. The number of nitrogens with zero attached hydrogens (tertiary/aromatic N) is 2. The number of aromatic nitrogens is 2. The Balaban J connectivity index is 2.12. The zero-order chi connectivity index (χ0) is 13.4. The van der Waals surface area contributed by atoms with E-state index in [0.717, 1.165) is 25.2 Å². The van der Waals surface area contributed by atoms with Crippen LogP contribution >= 0.6 is 0 Å². The van der Waals surface area contributed by atoms with E-state index in [9.17, 15) is 0 Å². The molecule has 1 aromatic carbocycles. The third kappa shape index (κ3) is 2.08. The fourth-order valence-corrected chi connectivity index (χ4v) is 3.07. The number of benzene rings is 1.